The van der Waals surface area contributed by atoms with E-state index in [1.54, 1.807) is 0 Å². The highest BCUT2D eigenvalue weighted by molar-refractivity contribution is 8.00. The van der Waals surface area contributed by atoms with E-state index < -0.39 is 0 Å². The fourth-order valence-corrected chi connectivity index (χ4v) is 4.50. The minimum absolute atomic E-state index is 0.0834. The molecule has 0 bridgehead atoms. The molecule has 0 saturated carbocycles. The van der Waals surface area contributed by atoms with Crippen molar-refractivity contribution in [2.75, 3.05) is 11.1 Å². The van der Waals surface area contributed by atoms with Crippen molar-refractivity contribution in [3.8, 4) is 5.75 Å². The second-order valence-electron chi connectivity index (χ2n) is 7.19. The summed E-state index contributed by atoms with van der Waals surface area (Å²) in [6.07, 6.45) is 2.03. The molecule has 3 rings (SSSR count). The Kier molecular flexibility index (Phi) is 5.99. The number of benzene rings is 1. The van der Waals surface area contributed by atoms with Crippen molar-refractivity contribution >= 4 is 23.5 Å². The highest BCUT2D eigenvalue weighted by Gasteiger charge is 2.31. The minimum Gasteiger partial charge on any atom is -0.491 e. The van der Waals surface area contributed by atoms with Crippen molar-refractivity contribution in [1.29, 1.82) is 0 Å². The van der Waals surface area contributed by atoms with Gasteiger partial charge in [-0.25, -0.2) is 0 Å². The Morgan fingerprint density at radius 3 is 2.56 bits per heavy atom. The summed E-state index contributed by atoms with van der Waals surface area (Å²) in [5, 5.41) is 5.67. The first-order valence-electron chi connectivity index (χ1n) is 9.43. The first-order chi connectivity index (χ1) is 12.9. The summed E-state index contributed by atoms with van der Waals surface area (Å²) in [4.78, 5) is 25.0. The lowest BCUT2D eigenvalue weighted by Crippen LogP contribution is -2.18. The van der Waals surface area contributed by atoms with Crippen molar-refractivity contribution in [3.05, 3.63) is 45.7 Å². The number of H-pyrrole nitrogens is 1. The summed E-state index contributed by atoms with van der Waals surface area (Å²) in [6, 6.07) is 7.89. The number of ether oxygens (including phenoxy) is 1. The number of hydrogen-bond donors (Lipinski definition) is 2. The molecule has 1 aromatic carbocycles. The second kappa shape index (κ2) is 8.25. The van der Waals surface area contributed by atoms with E-state index in [2.05, 4.69) is 24.3 Å². The van der Waals surface area contributed by atoms with Crippen LogP contribution in [0.2, 0.25) is 0 Å². The number of aromatic amines is 1. The van der Waals surface area contributed by atoms with Crippen molar-refractivity contribution < 1.29 is 9.53 Å². The zero-order valence-corrected chi connectivity index (χ0v) is 17.1. The SMILES string of the molecule is CCC[C@@H](C)n1[nH]c(=O)c2c1NC(=O)CS[C@@H]2c1ccc(OC(C)C)cc1. The molecule has 0 saturated heterocycles. The lowest BCUT2D eigenvalue weighted by Gasteiger charge is -2.17. The minimum atomic E-state index is -0.203. The maximum Gasteiger partial charge on any atom is 0.270 e. The third kappa shape index (κ3) is 4.24. The largest absolute Gasteiger partial charge is 0.491 e. The number of amides is 1. The van der Waals surface area contributed by atoms with Gasteiger partial charge < -0.3 is 10.1 Å². The van der Waals surface area contributed by atoms with Crippen molar-refractivity contribution in [2.24, 2.45) is 0 Å². The molecular formula is C20H27N3O3S. The first kappa shape index (κ1) is 19.6. The maximum absolute atomic E-state index is 12.8. The van der Waals surface area contributed by atoms with Crippen LogP contribution in [0.5, 0.6) is 5.75 Å². The normalized spacial score (nSPS) is 18.0. The molecule has 0 aliphatic carbocycles. The molecule has 146 valence electrons. The number of rotatable bonds is 6. The lowest BCUT2D eigenvalue weighted by atomic mass is 10.1. The molecular weight excluding hydrogens is 362 g/mol. The molecule has 2 atom stereocenters. The Balaban J connectivity index is 2.01. The topological polar surface area (TPSA) is 76.1 Å². The summed E-state index contributed by atoms with van der Waals surface area (Å²) < 4.78 is 7.52. The van der Waals surface area contributed by atoms with E-state index in [4.69, 9.17) is 4.74 Å². The van der Waals surface area contributed by atoms with Crippen LogP contribution in [0.15, 0.2) is 29.1 Å². The number of nitrogens with one attached hydrogen (secondary N) is 2. The zero-order chi connectivity index (χ0) is 19.6. The first-order valence-corrected chi connectivity index (χ1v) is 10.5. The highest BCUT2D eigenvalue weighted by Crippen LogP contribution is 2.40. The Morgan fingerprint density at radius 2 is 1.93 bits per heavy atom. The van der Waals surface area contributed by atoms with Gasteiger partial charge >= 0.3 is 0 Å². The number of nitrogens with zero attached hydrogens (tertiary/aromatic N) is 1. The van der Waals surface area contributed by atoms with Crippen molar-refractivity contribution in [1.82, 2.24) is 9.78 Å². The predicted octanol–water partition coefficient (Wildman–Crippen LogP) is 4.10. The third-order valence-electron chi connectivity index (χ3n) is 4.57. The number of anilines is 1. The average Bonchev–Trinajstić information content (AvgIpc) is 2.82. The van der Waals surface area contributed by atoms with Gasteiger partial charge in [-0.05, 0) is 44.9 Å². The second-order valence-corrected chi connectivity index (χ2v) is 8.28. The summed E-state index contributed by atoms with van der Waals surface area (Å²) in [5.74, 6) is 1.62. The molecule has 2 N–H and O–H groups in total. The van der Waals surface area contributed by atoms with E-state index in [0.29, 0.717) is 17.1 Å². The molecule has 1 aliphatic heterocycles. The van der Waals surface area contributed by atoms with E-state index in [9.17, 15) is 9.59 Å². The summed E-state index contributed by atoms with van der Waals surface area (Å²) in [6.45, 7) is 8.13. The molecule has 0 spiro atoms. The van der Waals surface area contributed by atoms with Crippen LogP contribution < -0.4 is 15.6 Å². The van der Waals surface area contributed by atoms with Gasteiger partial charge in [-0.1, -0.05) is 25.5 Å². The van der Waals surface area contributed by atoms with Gasteiger partial charge in [0.05, 0.1) is 22.7 Å². The predicted molar refractivity (Wildman–Crippen MR) is 110 cm³/mol. The van der Waals surface area contributed by atoms with E-state index in [1.807, 2.05) is 42.8 Å². The molecule has 0 radical (unpaired) electrons. The van der Waals surface area contributed by atoms with Gasteiger partial charge in [0.15, 0.2) is 0 Å². The van der Waals surface area contributed by atoms with Gasteiger partial charge in [-0.3, -0.25) is 19.4 Å². The molecule has 27 heavy (non-hydrogen) atoms. The van der Waals surface area contributed by atoms with Gasteiger partial charge in [-0.15, -0.1) is 11.8 Å². The zero-order valence-electron chi connectivity index (χ0n) is 16.2. The molecule has 7 heteroatoms. The smallest absolute Gasteiger partial charge is 0.270 e. The molecule has 2 aromatic rings. The monoisotopic (exact) mass is 389 g/mol. The van der Waals surface area contributed by atoms with E-state index >= 15 is 0 Å². The van der Waals surface area contributed by atoms with Gasteiger partial charge in [0.2, 0.25) is 5.91 Å². The van der Waals surface area contributed by atoms with Crippen LogP contribution >= 0.6 is 11.8 Å². The Hall–Kier alpha value is -2.15. The standard InChI is InChI=1S/C20H27N3O3S/c1-5-6-13(4)23-19-17(20(25)22-23)18(27-11-16(24)21-19)14-7-9-15(10-8-14)26-12(2)3/h7-10,12-13,18H,5-6,11H2,1-4H3,(H,21,24)(H,22,25)/t13-,18-/m1/s1. The summed E-state index contributed by atoms with van der Waals surface area (Å²) in [5.41, 5.74) is 1.46. The lowest BCUT2D eigenvalue weighted by molar-refractivity contribution is -0.113. The molecule has 1 amide bonds. The number of fused-ring (bicyclic) bond motifs is 1. The Morgan fingerprint density at radius 1 is 1.22 bits per heavy atom. The fourth-order valence-electron chi connectivity index (χ4n) is 3.38. The number of aromatic nitrogens is 2. The van der Waals surface area contributed by atoms with E-state index in [1.165, 1.54) is 11.8 Å². The van der Waals surface area contributed by atoms with E-state index in [0.717, 1.165) is 24.2 Å². The Bertz CT molecular complexity index is 854. The summed E-state index contributed by atoms with van der Waals surface area (Å²) in [7, 11) is 0. The molecule has 0 fully saturated rings. The van der Waals surface area contributed by atoms with E-state index in [-0.39, 0.29) is 28.9 Å². The van der Waals surface area contributed by atoms with Crippen LogP contribution in [0.25, 0.3) is 0 Å². The van der Waals surface area contributed by atoms with Gasteiger partial charge in [0, 0.05) is 6.04 Å². The van der Waals surface area contributed by atoms with Gasteiger partial charge in [0.1, 0.15) is 11.6 Å². The number of carbonyl (C=O) groups is 1. The van der Waals surface area contributed by atoms with Crippen LogP contribution in [-0.2, 0) is 4.79 Å². The molecule has 1 aromatic heterocycles. The molecule has 2 heterocycles. The van der Waals surface area contributed by atoms with Crippen LogP contribution in [-0.4, -0.2) is 27.5 Å². The average molecular weight is 390 g/mol. The quantitative estimate of drug-likeness (QED) is 0.780. The van der Waals surface area contributed by atoms with Crippen LogP contribution in [0.3, 0.4) is 0 Å². The van der Waals surface area contributed by atoms with Crippen molar-refractivity contribution in [2.45, 2.75) is 57.9 Å². The number of hydrogen-bond acceptors (Lipinski definition) is 4. The van der Waals surface area contributed by atoms with Crippen LogP contribution in [0.4, 0.5) is 5.82 Å². The highest BCUT2D eigenvalue weighted by atomic mass is 32.2. The molecule has 1 aliphatic rings. The molecule has 6 nitrogen and oxygen atoms in total. The maximum atomic E-state index is 12.8. The van der Waals surface area contributed by atoms with Crippen LogP contribution in [0, 0.1) is 0 Å². The van der Waals surface area contributed by atoms with Gasteiger partial charge in [-0.2, -0.15) is 0 Å². The Labute approximate surface area is 163 Å². The van der Waals surface area contributed by atoms with Crippen molar-refractivity contribution in [3.63, 3.8) is 0 Å². The summed E-state index contributed by atoms with van der Waals surface area (Å²) >= 11 is 1.47. The van der Waals surface area contributed by atoms with Crippen LogP contribution in [0.1, 0.15) is 63.0 Å². The third-order valence-corrected chi connectivity index (χ3v) is 5.84. The fraction of sp³-hybridized carbons (Fsp3) is 0.500. The number of thioether (sulfide) groups is 1. The number of carbonyl (C=O) groups excluding carboxylic acids is 1. The van der Waals surface area contributed by atoms with Gasteiger partial charge in [0.25, 0.3) is 5.56 Å². The molecule has 0 unspecified atom stereocenters.